The zero-order valence-electron chi connectivity index (χ0n) is 18.1. The van der Waals surface area contributed by atoms with Gasteiger partial charge in [-0.05, 0) is 31.4 Å². The van der Waals surface area contributed by atoms with Crippen LogP contribution in [0.4, 0.5) is 10.5 Å². The lowest BCUT2D eigenvalue weighted by Gasteiger charge is -2.15. The molecule has 0 bridgehead atoms. The van der Waals surface area contributed by atoms with Crippen LogP contribution in [-0.2, 0) is 4.74 Å². The molecule has 0 aromatic heterocycles. The third-order valence-electron chi connectivity index (χ3n) is 5.10. The normalized spacial score (nSPS) is 11.8. The first kappa shape index (κ1) is 24.9. The molecule has 6 heteroatoms. The molecule has 1 unspecified atom stereocenters. The molecule has 0 heterocycles. The van der Waals surface area contributed by atoms with E-state index in [0.717, 1.165) is 25.7 Å². The predicted octanol–water partition coefficient (Wildman–Crippen LogP) is 7.59. The van der Waals surface area contributed by atoms with Crippen LogP contribution in [0.3, 0.4) is 0 Å². The van der Waals surface area contributed by atoms with Crippen LogP contribution in [0.15, 0.2) is 24.3 Å². The van der Waals surface area contributed by atoms with E-state index in [1.165, 1.54) is 82.1 Å². The van der Waals surface area contributed by atoms with Crippen LogP contribution >= 0.6 is 0 Å². The van der Waals surface area contributed by atoms with E-state index in [0.29, 0.717) is 0 Å². The van der Waals surface area contributed by atoms with Crippen LogP contribution in [0.1, 0.15) is 97.3 Å². The van der Waals surface area contributed by atoms with Crippen molar-refractivity contribution < 1.29 is 19.2 Å². The zero-order valence-corrected chi connectivity index (χ0v) is 18.1. The average molecular weight is 408 g/mol. The minimum Gasteiger partial charge on any atom is -0.431 e. The highest BCUT2D eigenvalue weighted by molar-refractivity contribution is 5.64. The number of carbonyl (C=O) groups is 1. The molecule has 0 saturated carbocycles. The number of nitrogens with zero attached hydrogens (tertiary/aromatic N) is 1. The molecule has 0 amide bonds. The molecule has 164 valence electrons. The van der Waals surface area contributed by atoms with Crippen LogP contribution in [0.2, 0.25) is 0 Å². The summed E-state index contributed by atoms with van der Waals surface area (Å²) < 4.78 is 10.5. The van der Waals surface area contributed by atoms with Gasteiger partial charge in [-0.1, -0.05) is 78.1 Å². The van der Waals surface area contributed by atoms with Crippen molar-refractivity contribution in [2.24, 2.45) is 0 Å². The van der Waals surface area contributed by atoms with E-state index >= 15 is 0 Å². The summed E-state index contributed by atoms with van der Waals surface area (Å²) in [6, 6.07) is 5.38. The lowest BCUT2D eigenvalue weighted by Crippen LogP contribution is -2.20. The molecule has 0 aliphatic heterocycles. The van der Waals surface area contributed by atoms with Gasteiger partial charge in [-0.3, -0.25) is 10.1 Å². The number of hydrogen-bond donors (Lipinski definition) is 0. The summed E-state index contributed by atoms with van der Waals surface area (Å²) in [6.45, 7) is 4.23. The van der Waals surface area contributed by atoms with E-state index in [1.807, 2.05) is 6.92 Å². The lowest BCUT2D eigenvalue weighted by atomic mass is 10.0. The highest BCUT2D eigenvalue weighted by atomic mass is 16.7. The summed E-state index contributed by atoms with van der Waals surface area (Å²) in [5, 5.41) is 10.6. The van der Waals surface area contributed by atoms with Gasteiger partial charge in [0.1, 0.15) is 11.9 Å². The molecular formula is C23H37NO5. The van der Waals surface area contributed by atoms with Gasteiger partial charge < -0.3 is 9.47 Å². The van der Waals surface area contributed by atoms with Gasteiger partial charge in [0.25, 0.3) is 5.69 Å². The van der Waals surface area contributed by atoms with Gasteiger partial charge in [0.2, 0.25) is 0 Å². The third-order valence-corrected chi connectivity index (χ3v) is 5.10. The number of carbonyl (C=O) groups excluding carboxylic acids is 1. The number of non-ortho nitro benzene ring substituents is 1. The molecule has 0 N–H and O–H groups in total. The van der Waals surface area contributed by atoms with E-state index in [2.05, 4.69) is 6.92 Å². The largest absolute Gasteiger partial charge is 0.514 e. The van der Waals surface area contributed by atoms with E-state index in [4.69, 9.17) is 9.47 Å². The maximum atomic E-state index is 11.9. The van der Waals surface area contributed by atoms with Crippen molar-refractivity contribution in [3.8, 4) is 5.75 Å². The molecule has 1 aromatic rings. The smallest absolute Gasteiger partial charge is 0.431 e. The first-order chi connectivity index (χ1) is 14.1. The predicted molar refractivity (Wildman–Crippen MR) is 115 cm³/mol. The van der Waals surface area contributed by atoms with Crippen molar-refractivity contribution in [1.29, 1.82) is 0 Å². The van der Waals surface area contributed by atoms with Crippen molar-refractivity contribution in [3.05, 3.63) is 34.4 Å². The highest BCUT2D eigenvalue weighted by Crippen LogP contribution is 2.19. The molecule has 1 aromatic carbocycles. The van der Waals surface area contributed by atoms with Gasteiger partial charge in [-0.15, -0.1) is 0 Å². The molecule has 29 heavy (non-hydrogen) atoms. The van der Waals surface area contributed by atoms with Crippen molar-refractivity contribution in [2.75, 3.05) is 0 Å². The quantitative estimate of drug-likeness (QED) is 0.0927. The Morgan fingerprint density at radius 1 is 0.897 bits per heavy atom. The van der Waals surface area contributed by atoms with E-state index < -0.39 is 11.1 Å². The zero-order chi connectivity index (χ0) is 21.3. The average Bonchev–Trinajstić information content (AvgIpc) is 2.71. The maximum Gasteiger partial charge on any atom is 0.514 e. The summed E-state index contributed by atoms with van der Waals surface area (Å²) in [5.41, 5.74) is -0.0476. The van der Waals surface area contributed by atoms with Gasteiger partial charge in [0, 0.05) is 12.1 Å². The van der Waals surface area contributed by atoms with Crippen molar-refractivity contribution in [1.82, 2.24) is 0 Å². The fourth-order valence-corrected chi connectivity index (χ4v) is 3.27. The Hall–Kier alpha value is -2.11. The Kier molecular flexibility index (Phi) is 13.6. The van der Waals surface area contributed by atoms with Crippen molar-refractivity contribution in [3.63, 3.8) is 0 Å². The van der Waals surface area contributed by atoms with Crippen LogP contribution in [-0.4, -0.2) is 17.2 Å². The number of ether oxygens (including phenoxy) is 2. The molecular weight excluding hydrogens is 370 g/mol. The first-order valence-electron chi connectivity index (χ1n) is 11.2. The maximum absolute atomic E-state index is 11.9. The minimum absolute atomic E-state index is 0.0476. The monoisotopic (exact) mass is 407 g/mol. The van der Waals surface area contributed by atoms with E-state index in [9.17, 15) is 14.9 Å². The molecule has 1 rings (SSSR count). The van der Waals surface area contributed by atoms with Gasteiger partial charge in [-0.2, -0.15) is 0 Å². The second-order valence-corrected chi connectivity index (χ2v) is 7.58. The minimum atomic E-state index is -0.756. The number of unbranched alkanes of at least 4 members (excludes halogenated alkanes) is 10. The standard InChI is InChI=1S/C23H37NO5/c1-3-5-6-7-8-9-10-11-12-13-14-15-21(4-2)28-23(25)29-22-18-16-20(17-19-22)24(26)27/h16-19,21H,3-15H2,1-2H3. The number of nitro benzene ring substituents is 1. The Morgan fingerprint density at radius 2 is 1.41 bits per heavy atom. The molecule has 6 nitrogen and oxygen atoms in total. The fraction of sp³-hybridized carbons (Fsp3) is 0.696. The van der Waals surface area contributed by atoms with Crippen molar-refractivity contribution in [2.45, 2.75) is 103 Å². The van der Waals surface area contributed by atoms with E-state index in [-0.39, 0.29) is 17.5 Å². The second kappa shape index (κ2) is 15.8. The summed E-state index contributed by atoms with van der Waals surface area (Å²) in [7, 11) is 0. The van der Waals surface area contributed by atoms with Crippen LogP contribution in [0.5, 0.6) is 5.75 Å². The summed E-state index contributed by atoms with van der Waals surface area (Å²) >= 11 is 0. The number of hydrogen-bond acceptors (Lipinski definition) is 5. The summed E-state index contributed by atoms with van der Waals surface area (Å²) in [6.07, 6.45) is 14.8. The first-order valence-corrected chi connectivity index (χ1v) is 11.2. The Labute approximate surface area is 175 Å². The van der Waals surface area contributed by atoms with Crippen LogP contribution < -0.4 is 4.74 Å². The molecule has 0 fully saturated rings. The third kappa shape index (κ3) is 12.1. The lowest BCUT2D eigenvalue weighted by molar-refractivity contribution is -0.384. The molecule has 0 saturated heterocycles. The SMILES string of the molecule is CCCCCCCCCCCCCC(CC)OC(=O)Oc1ccc([N+](=O)[O-])cc1. The number of nitro groups is 1. The molecule has 0 aliphatic rings. The van der Waals surface area contributed by atoms with Crippen molar-refractivity contribution >= 4 is 11.8 Å². The van der Waals surface area contributed by atoms with Gasteiger partial charge >= 0.3 is 6.16 Å². The molecule has 0 spiro atoms. The second-order valence-electron chi connectivity index (χ2n) is 7.58. The Balaban J connectivity index is 2.11. The topological polar surface area (TPSA) is 78.7 Å². The van der Waals surface area contributed by atoms with Crippen LogP contribution in [0.25, 0.3) is 0 Å². The molecule has 1 atom stereocenters. The Bertz CT molecular complexity index is 573. The van der Waals surface area contributed by atoms with Gasteiger partial charge in [-0.25, -0.2) is 4.79 Å². The fourth-order valence-electron chi connectivity index (χ4n) is 3.27. The van der Waals surface area contributed by atoms with E-state index in [1.54, 1.807) is 0 Å². The van der Waals surface area contributed by atoms with Gasteiger partial charge in [0.15, 0.2) is 0 Å². The molecule has 0 radical (unpaired) electrons. The summed E-state index contributed by atoms with van der Waals surface area (Å²) in [5.74, 6) is 0.241. The number of rotatable bonds is 16. The van der Waals surface area contributed by atoms with Gasteiger partial charge in [0.05, 0.1) is 4.92 Å². The van der Waals surface area contributed by atoms with Crippen LogP contribution in [0, 0.1) is 10.1 Å². The highest BCUT2D eigenvalue weighted by Gasteiger charge is 2.15. The Morgan fingerprint density at radius 3 is 1.90 bits per heavy atom. The molecule has 0 aliphatic carbocycles. The number of benzene rings is 1. The summed E-state index contributed by atoms with van der Waals surface area (Å²) in [4.78, 5) is 22.1.